The Morgan fingerprint density at radius 1 is 0.949 bits per heavy atom. The van der Waals surface area contributed by atoms with Crippen molar-refractivity contribution < 1.29 is 28.7 Å². The van der Waals surface area contributed by atoms with E-state index in [0.29, 0.717) is 18.7 Å². The van der Waals surface area contributed by atoms with Crippen LogP contribution in [-0.4, -0.2) is 55.1 Å². The van der Waals surface area contributed by atoms with E-state index in [9.17, 15) is 19.7 Å². The van der Waals surface area contributed by atoms with E-state index in [2.05, 4.69) is 5.32 Å². The van der Waals surface area contributed by atoms with E-state index in [1.54, 1.807) is 13.2 Å². The maximum absolute atomic E-state index is 13.7. The average molecular weight is 536 g/mol. The number of methoxy groups -OCH3 is 2. The molecule has 3 aromatic carbocycles. The molecule has 3 aromatic rings. The normalized spacial score (nSPS) is 11.3. The lowest BCUT2D eigenvalue weighted by molar-refractivity contribution is -0.385. The van der Waals surface area contributed by atoms with Gasteiger partial charge in [-0.2, -0.15) is 0 Å². The van der Waals surface area contributed by atoms with Crippen LogP contribution in [0.1, 0.15) is 24.5 Å². The highest BCUT2D eigenvalue weighted by molar-refractivity contribution is 5.88. The van der Waals surface area contributed by atoms with Crippen LogP contribution >= 0.6 is 0 Å². The van der Waals surface area contributed by atoms with Crippen LogP contribution in [-0.2, 0) is 22.6 Å². The van der Waals surface area contributed by atoms with E-state index in [-0.39, 0.29) is 29.6 Å². The fourth-order valence-corrected chi connectivity index (χ4v) is 4.01. The number of nitrogens with one attached hydrogen (secondary N) is 1. The maximum Gasteiger partial charge on any atom is 0.311 e. The second kappa shape index (κ2) is 14.4. The van der Waals surface area contributed by atoms with Gasteiger partial charge in [-0.1, -0.05) is 49.4 Å². The summed E-state index contributed by atoms with van der Waals surface area (Å²) >= 11 is 0. The highest BCUT2D eigenvalue weighted by Crippen LogP contribution is 2.31. The van der Waals surface area contributed by atoms with E-state index >= 15 is 0 Å². The predicted molar refractivity (Wildman–Crippen MR) is 146 cm³/mol. The van der Waals surface area contributed by atoms with Gasteiger partial charge in [0, 0.05) is 31.6 Å². The Morgan fingerprint density at radius 2 is 1.69 bits per heavy atom. The van der Waals surface area contributed by atoms with Crippen molar-refractivity contribution in [3.63, 3.8) is 0 Å². The summed E-state index contributed by atoms with van der Waals surface area (Å²) in [6.07, 6.45) is 1.05. The molecule has 10 heteroatoms. The van der Waals surface area contributed by atoms with Crippen molar-refractivity contribution in [1.82, 2.24) is 10.2 Å². The largest absolute Gasteiger partial charge is 0.497 e. The number of ether oxygens (including phenoxy) is 3. The van der Waals surface area contributed by atoms with Gasteiger partial charge in [0.2, 0.25) is 11.7 Å². The van der Waals surface area contributed by atoms with Crippen LogP contribution in [0.3, 0.4) is 0 Å². The van der Waals surface area contributed by atoms with Crippen LogP contribution < -0.4 is 19.5 Å². The molecular formula is C29H33N3O7. The highest BCUT2D eigenvalue weighted by atomic mass is 16.6. The Hall–Kier alpha value is -4.60. The Balaban J connectivity index is 1.91. The summed E-state index contributed by atoms with van der Waals surface area (Å²) < 4.78 is 16.2. The fraction of sp³-hybridized carbons (Fsp3) is 0.310. The quantitative estimate of drug-likeness (QED) is 0.243. The number of benzene rings is 3. The van der Waals surface area contributed by atoms with Crippen molar-refractivity contribution in [2.24, 2.45) is 0 Å². The van der Waals surface area contributed by atoms with Gasteiger partial charge >= 0.3 is 5.69 Å². The van der Waals surface area contributed by atoms with Crippen LogP contribution in [0.25, 0.3) is 0 Å². The minimum atomic E-state index is -0.812. The summed E-state index contributed by atoms with van der Waals surface area (Å²) in [7, 11) is 2.88. The van der Waals surface area contributed by atoms with E-state index in [4.69, 9.17) is 14.2 Å². The number of nitro benzene ring substituents is 1. The molecule has 10 nitrogen and oxygen atoms in total. The van der Waals surface area contributed by atoms with E-state index in [1.165, 1.54) is 30.2 Å². The Kier molecular flexibility index (Phi) is 10.7. The SMILES string of the molecule is CCCNC(=O)C(Cc1ccccc1)N(Cc1cccc(OC)c1)C(=O)COc1ccc([N+](=O)[O-])c(OC)c1. The first kappa shape index (κ1) is 29.0. The molecule has 206 valence electrons. The first-order chi connectivity index (χ1) is 18.9. The molecule has 0 aliphatic rings. The minimum Gasteiger partial charge on any atom is -0.497 e. The molecule has 0 saturated carbocycles. The smallest absolute Gasteiger partial charge is 0.311 e. The Morgan fingerprint density at radius 3 is 2.36 bits per heavy atom. The molecule has 0 fully saturated rings. The third kappa shape index (κ3) is 8.19. The maximum atomic E-state index is 13.7. The number of rotatable bonds is 14. The molecule has 1 atom stereocenters. The zero-order chi connectivity index (χ0) is 28.2. The molecule has 1 unspecified atom stereocenters. The lowest BCUT2D eigenvalue weighted by Gasteiger charge is -2.31. The second-order valence-electron chi connectivity index (χ2n) is 8.75. The molecule has 2 amide bonds. The number of carbonyl (C=O) groups is 2. The van der Waals surface area contributed by atoms with Gasteiger partial charge in [-0.25, -0.2) is 0 Å². The summed E-state index contributed by atoms with van der Waals surface area (Å²) in [5.74, 6) is 0.169. The van der Waals surface area contributed by atoms with Crippen LogP contribution in [0.2, 0.25) is 0 Å². The molecule has 39 heavy (non-hydrogen) atoms. The third-order valence-corrected chi connectivity index (χ3v) is 6.02. The lowest BCUT2D eigenvalue weighted by atomic mass is 10.0. The lowest BCUT2D eigenvalue weighted by Crippen LogP contribution is -2.51. The topological polar surface area (TPSA) is 120 Å². The second-order valence-corrected chi connectivity index (χ2v) is 8.75. The van der Waals surface area contributed by atoms with Gasteiger partial charge < -0.3 is 24.4 Å². The summed E-state index contributed by atoms with van der Waals surface area (Å²) in [6.45, 7) is 2.18. The van der Waals surface area contributed by atoms with Crippen molar-refractivity contribution in [1.29, 1.82) is 0 Å². The first-order valence-electron chi connectivity index (χ1n) is 12.6. The number of nitro groups is 1. The monoisotopic (exact) mass is 535 g/mol. The van der Waals surface area contributed by atoms with E-state index in [1.807, 2.05) is 55.5 Å². The van der Waals surface area contributed by atoms with Crippen molar-refractivity contribution in [3.05, 3.63) is 94.0 Å². The molecule has 1 N–H and O–H groups in total. The van der Waals surface area contributed by atoms with Gasteiger partial charge in [0.15, 0.2) is 6.61 Å². The Labute approximate surface area is 227 Å². The van der Waals surface area contributed by atoms with Gasteiger partial charge in [0.25, 0.3) is 5.91 Å². The number of hydrogen-bond donors (Lipinski definition) is 1. The summed E-state index contributed by atoms with van der Waals surface area (Å²) in [5, 5.41) is 14.1. The molecule has 0 saturated heterocycles. The number of amides is 2. The molecular weight excluding hydrogens is 502 g/mol. The van der Waals surface area contributed by atoms with Crippen LogP contribution in [0.5, 0.6) is 17.2 Å². The van der Waals surface area contributed by atoms with Gasteiger partial charge in [-0.3, -0.25) is 19.7 Å². The van der Waals surface area contributed by atoms with Crippen LogP contribution in [0.15, 0.2) is 72.8 Å². The molecule has 0 aliphatic carbocycles. The first-order valence-corrected chi connectivity index (χ1v) is 12.6. The van der Waals surface area contributed by atoms with Gasteiger partial charge in [-0.05, 0) is 35.7 Å². The average Bonchev–Trinajstić information content (AvgIpc) is 2.96. The van der Waals surface area contributed by atoms with Crippen molar-refractivity contribution in [2.75, 3.05) is 27.4 Å². The highest BCUT2D eigenvalue weighted by Gasteiger charge is 2.30. The fourth-order valence-electron chi connectivity index (χ4n) is 4.01. The minimum absolute atomic E-state index is 0.0130. The molecule has 0 bridgehead atoms. The standard InChI is InChI=1S/C29H33N3O7/c1-4-15-30-29(34)26(17-21-9-6-5-7-10-21)31(19-22-11-8-12-23(16-22)37-2)28(33)20-39-24-13-14-25(32(35)36)27(18-24)38-3/h5-14,16,18,26H,4,15,17,19-20H2,1-3H3,(H,30,34). The molecule has 0 aromatic heterocycles. The van der Waals surface area contributed by atoms with Crippen LogP contribution in [0.4, 0.5) is 5.69 Å². The van der Waals surface area contributed by atoms with Gasteiger partial charge in [0.05, 0.1) is 19.1 Å². The van der Waals surface area contributed by atoms with E-state index in [0.717, 1.165) is 17.5 Å². The molecule has 0 radical (unpaired) electrons. The number of nitrogens with zero attached hydrogens (tertiary/aromatic N) is 2. The molecule has 0 heterocycles. The zero-order valence-corrected chi connectivity index (χ0v) is 22.3. The van der Waals surface area contributed by atoms with Crippen LogP contribution in [0, 0.1) is 10.1 Å². The zero-order valence-electron chi connectivity index (χ0n) is 22.3. The molecule has 3 rings (SSSR count). The van der Waals surface area contributed by atoms with Crippen molar-refractivity contribution >= 4 is 17.5 Å². The van der Waals surface area contributed by atoms with Crippen molar-refractivity contribution in [2.45, 2.75) is 32.4 Å². The third-order valence-electron chi connectivity index (χ3n) is 6.02. The summed E-state index contributed by atoms with van der Waals surface area (Å²) in [5.41, 5.74) is 1.46. The Bertz CT molecular complexity index is 1270. The summed E-state index contributed by atoms with van der Waals surface area (Å²) in [4.78, 5) is 39.2. The van der Waals surface area contributed by atoms with E-state index < -0.39 is 23.5 Å². The van der Waals surface area contributed by atoms with Gasteiger partial charge in [-0.15, -0.1) is 0 Å². The molecule has 0 spiro atoms. The number of hydrogen-bond acceptors (Lipinski definition) is 7. The van der Waals surface area contributed by atoms with Crippen molar-refractivity contribution in [3.8, 4) is 17.2 Å². The predicted octanol–water partition coefficient (Wildman–Crippen LogP) is 4.16. The van der Waals surface area contributed by atoms with Gasteiger partial charge in [0.1, 0.15) is 17.5 Å². The summed E-state index contributed by atoms with van der Waals surface area (Å²) in [6, 6.07) is 20.0. The molecule has 0 aliphatic heterocycles. The number of carbonyl (C=O) groups excluding carboxylic acids is 2.